The molecule has 0 fully saturated rings. The summed E-state index contributed by atoms with van der Waals surface area (Å²) in [6, 6.07) is 0. The summed E-state index contributed by atoms with van der Waals surface area (Å²) in [7, 11) is 0. The molecular formula is C10H16O3. The first kappa shape index (κ1) is 10.1. The average Bonchev–Trinajstić information content (AvgIpc) is 2.16. The summed E-state index contributed by atoms with van der Waals surface area (Å²) >= 11 is 0. The van der Waals surface area contributed by atoms with Gasteiger partial charge < -0.3 is 9.47 Å². The summed E-state index contributed by atoms with van der Waals surface area (Å²) in [5.41, 5.74) is 0. The van der Waals surface area contributed by atoms with Gasteiger partial charge in [-0.05, 0) is 31.8 Å². The number of carbonyl (C=O) groups is 1. The molecule has 1 aliphatic rings. The molecule has 0 aromatic carbocycles. The summed E-state index contributed by atoms with van der Waals surface area (Å²) in [6.07, 6.45) is 7.27. The first-order valence-corrected chi connectivity index (χ1v) is 4.83. The topological polar surface area (TPSA) is 35.5 Å². The van der Waals surface area contributed by atoms with Gasteiger partial charge in [0.25, 0.3) is 0 Å². The van der Waals surface area contributed by atoms with Gasteiger partial charge in [0.2, 0.25) is 0 Å². The Morgan fingerprint density at radius 3 is 3.08 bits per heavy atom. The molecule has 3 heteroatoms. The second-order valence-corrected chi connectivity index (χ2v) is 3.11. The van der Waals surface area contributed by atoms with E-state index in [-0.39, 0.29) is 6.10 Å². The highest BCUT2D eigenvalue weighted by Gasteiger charge is 2.13. The maximum Gasteiger partial charge on any atom is 0.508 e. The summed E-state index contributed by atoms with van der Waals surface area (Å²) in [5, 5.41) is 0. The van der Waals surface area contributed by atoms with Gasteiger partial charge in [0.05, 0.1) is 6.61 Å². The molecule has 0 spiro atoms. The van der Waals surface area contributed by atoms with Gasteiger partial charge in [-0.25, -0.2) is 4.79 Å². The van der Waals surface area contributed by atoms with E-state index in [2.05, 4.69) is 0 Å². The minimum absolute atomic E-state index is 0.0712. The highest BCUT2D eigenvalue weighted by molar-refractivity contribution is 5.60. The smallest absolute Gasteiger partial charge is 0.434 e. The number of rotatable bonds is 3. The van der Waals surface area contributed by atoms with E-state index in [4.69, 9.17) is 9.47 Å². The van der Waals surface area contributed by atoms with Crippen LogP contribution in [0, 0.1) is 0 Å². The van der Waals surface area contributed by atoms with E-state index in [1.807, 2.05) is 19.1 Å². The van der Waals surface area contributed by atoms with Crippen molar-refractivity contribution >= 4 is 6.16 Å². The molecule has 0 aromatic heterocycles. The van der Waals surface area contributed by atoms with E-state index >= 15 is 0 Å². The SMILES string of the molecule is CCCOC(=O)OC1C=CCCC1. The third kappa shape index (κ3) is 3.97. The quantitative estimate of drug-likeness (QED) is 0.499. The lowest BCUT2D eigenvalue weighted by atomic mass is 10.1. The molecule has 1 atom stereocenters. The molecule has 0 radical (unpaired) electrons. The molecule has 1 rings (SSSR count). The molecule has 0 aliphatic heterocycles. The van der Waals surface area contributed by atoms with Crippen molar-refractivity contribution in [1.29, 1.82) is 0 Å². The molecule has 0 N–H and O–H groups in total. The molecule has 0 saturated carbocycles. The summed E-state index contributed by atoms with van der Waals surface area (Å²) in [4.78, 5) is 11.0. The van der Waals surface area contributed by atoms with Crippen molar-refractivity contribution in [2.75, 3.05) is 6.61 Å². The predicted octanol–water partition coefficient (Wildman–Crippen LogP) is 2.66. The highest BCUT2D eigenvalue weighted by Crippen LogP contribution is 2.13. The van der Waals surface area contributed by atoms with Crippen LogP contribution in [0.5, 0.6) is 0 Å². The summed E-state index contributed by atoms with van der Waals surface area (Å²) < 4.78 is 9.84. The molecule has 0 aromatic rings. The van der Waals surface area contributed by atoms with Crippen LogP contribution in [0.1, 0.15) is 32.6 Å². The first-order valence-electron chi connectivity index (χ1n) is 4.83. The van der Waals surface area contributed by atoms with Crippen molar-refractivity contribution in [2.45, 2.75) is 38.7 Å². The minimum Gasteiger partial charge on any atom is -0.434 e. The van der Waals surface area contributed by atoms with Gasteiger partial charge in [0.1, 0.15) is 6.10 Å². The molecule has 0 heterocycles. The minimum atomic E-state index is -0.543. The van der Waals surface area contributed by atoms with Crippen LogP contribution in [0.25, 0.3) is 0 Å². The fraction of sp³-hybridized carbons (Fsp3) is 0.700. The zero-order valence-electron chi connectivity index (χ0n) is 7.99. The number of hydrogen-bond donors (Lipinski definition) is 0. The zero-order valence-corrected chi connectivity index (χ0v) is 7.99. The lowest BCUT2D eigenvalue weighted by Crippen LogP contribution is -2.18. The van der Waals surface area contributed by atoms with Gasteiger partial charge in [-0.15, -0.1) is 0 Å². The van der Waals surface area contributed by atoms with Crippen LogP contribution >= 0.6 is 0 Å². The molecule has 74 valence electrons. The van der Waals surface area contributed by atoms with Gasteiger partial charge in [-0.3, -0.25) is 0 Å². The van der Waals surface area contributed by atoms with Gasteiger partial charge in [0, 0.05) is 0 Å². The third-order valence-corrected chi connectivity index (χ3v) is 1.88. The van der Waals surface area contributed by atoms with Crippen LogP contribution in [0.2, 0.25) is 0 Å². The van der Waals surface area contributed by atoms with E-state index in [0.29, 0.717) is 6.61 Å². The molecule has 0 saturated heterocycles. The standard InChI is InChI=1S/C10H16O3/c1-2-8-12-10(11)13-9-6-4-3-5-7-9/h4,6,9H,2-3,5,7-8H2,1H3. The molecule has 3 nitrogen and oxygen atoms in total. The number of allylic oxidation sites excluding steroid dienone is 1. The summed E-state index contributed by atoms with van der Waals surface area (Å²) in [5.74, 6) is 0. The Hall–Kier alpha value is -0.990. The average molecular weight is 184 g/mol. The van der Waals surface area contributed by atoms with E-state index < -0.39 is 6.16 Å². The Morgan fingerprint density at radius 1 is 1.62 bits per heavy atom. The van der Waals surface area contributed by atoms with Gasteiger partial charge in [-0.1, -0.05) is 13.0 Å². The van der Waals surface area contributed by atoms with E-state index in [1.54, 1.807) is 0 Å². The predicted molar refractivity (Wildman–Crippen MR) is 49.5 cm³/mol. The molecule has 1 unspecified atom stereocenters. The molecular weight excluding hydrogens is 168 g/mol. The van der Waals surface area contributed by atoms with Crippen LogP contribution in [-0.4, -0.2) is 18.9 Å². The first-order chi connectivity index (χ1) is 6.33. The van der Waals surface area contributed by atoms with Crippen molar-refractivity contribution in [1.82, 2.24) is 0 Å². The fourth-order valence-corrected chi connectivity index (χ4v) is 1.22. The Morgan fingerprint density at radius 2 is 2.46 bits per heavy atom. The van der Waals surface area contributed by atoms with Gasteiger partial charge in [0.15, 0.2) is 0 Å². The Kier molecular flexibility index (Phi) is 4.36. The maximum atomic E-state index is 11.0. The second-order valence-electron chi connectivity index (χ2n) is 3.11. The van der Waals surface area contributed by atoms with Crippen molar-refractivity contribution in [3.63, 3.8) is 0 Å². The Labute approximate surface area is 78.7 Å². The fourth-order valence-electron chi connectivity index (χ4n) is 1.22. The molecule has 0 bridgehead atoms. The molecule has 1 aliphatic carbocycles. The van der Waals surface area contributed by atoms with E-state index in [1.165, 1.54) is 0 Å². The van der Waals surface area contributed by atoms with E-state index in [0.717, 1.165) is 25.7 Å². The lowest BCUT2D eigenvalue weighted by Gasteiger charge is -2.16. The van der Waals surface area contributed by atoms with Crippen molar-refractivity contribution < 1.29 is 14.3 Å². The van der Waals surface area contributed by atoms with Crippen molar-refractivity contribution in [3.8, 4) is 0 Å². The van der Waals surface area contributed by atoms with Crippen LogP contribution < -0.4 is 0 Å². The molecule has 0 amide bonds. The molecule has 13 heavy (non-hydrogen) atoms. The monoisotopic (exact) mass is 184 g/mol. The highest BCUT2D eigenvalue weighted by atomic mass is 16.7. The van der Waals surface area contributed by atoms with Crippen LogP contribution in [0.4, 0.5) is 4.79 Å². The normalized spacial score (nSPS) is 21.2. The summed E-state index contributed by atoms with van der Waals surface area (Å²) in [6.45, 7) is 2.39. The largest absolute Gasteiger partial charge is 0.508 e. The number of ether oxygens (including phenoxy) is 2. The van der Waals surface area contributed by atoms with E-state index in [9.17, 15) is 4.79 Å². The number of hydrogen-bond acceptors (Lipinski definition) is 3. The van der Waals surface area contributed by atoms with Crippen molar-refractivity contribution in [3.05, 3.63) is 12.2 Å². The second kappa shape index (κ2) is 5.62. The zero-order chi connectivity index (χ0) is 9.52. The van der Waals surface area contributed by atoms with Crippen LogP contribution in [0.3, 0.4) is 0 Å². The van der Waals surface area contributed by atoms with Crippen molar-refractivity contribution in [2.24, 2.45) is 0 Å². The lowest BCUT2D eigenvalue weighted by molar-refractivity contribution is 0.0336. The number of carbonyl (C=O) groups excluding carboxylic acids is 1. The van der Waals surface area contributed by atoms with Gasteiger partial charge >= 0.3 is 6.16 Å². The third-order valence-electron chi connectivity index (χ3n) is 1.88. The van der Waals surface area contributed by atoms with Gasteiger partial charge in [-0.2, -0.15) is 0 Å². The Balaban J connectivity index is 2.18. The van der Waals surface area contributed by atoms with Crippen LogP contribution in [-0.2, 0) is 9.47 Å². The maximum absolute atomic E-state index is 11.0. The Bertz CT molecular complexity index is 187. The van der Waals surface area contributed by atoms with Crippen LogP contribution in [0.15, 0.2) is 12.2 Å².